The molecule has 9 heteroatoms. The Labute approximate surface area is 160 Å². The van der Waals surface area contributed by atoms with Crippen LogP contribution >= 0.6 is 11.3 Å². The highest BCUT2D eigenvalue weighted by Crippen LogP contribution is 2.38. The van der Waals surface area contributed by atoms with E-state index in [9.17, 15) is 4.79 Å². The van der Waals surface area contributed by atoms with Gasteiger partial charge in [-0.3, -0.25) is 4.79 Å². The third-order valence-corrected chi connectivity index (χ3v) is 6.05. The highest BCUT2D eigenvalue weighted by atomic mass is 32.1. The fourth-order valence-corrected chi connectivity index (χ4v) is 4.78. The molecule has 0 spiro atoms. The molecule has 1 aliphatic rings. The van der Waals surface area contributed by atoms with Gasteiger partial charge in [0.1, 0.15) is 10.7 Å². The molecule has 0 saturated heterocycles. The zero-order valence-corrected chi connectivity index (χ0v) is 16.3. The van der Waals surface area contributed by atoms with Gasteiger partial charge < -0.3 is 15.2 Å². The molecule has 1 atom stereocenters. The van der Waals surface area contributed by atoms with E-state index >= 15 is 0 Å². The smallest absolute Gasteiger partial charge is 0.291 e. The van der Waals surface area contributed by atoms with Crippen molar-refractivity contribution in [2.75, 3.05) is 26.4 Å². The van der Waals surface area contributed by atoms with Crippen molar-refractivity contribution in [3.63, 3.8) is 0 Å². The molecule has 1 amide bonds. The van der Waals surface area contributed by atoms with Crippen LogP contribution in [0.25, 0.3) is 15.9 Å². The van der Waals surface area contributed by atoms with E-state index in [4.69, 9.17) is 14.8 Å². The lowest BCUT2D eigenvalue weighted by atomic mass is 9.89. The molecule has 0 unspecified atom stereocenters. The van der Waals surface area contributed by atoms with Crippen molar-refractivity contribution in [2.24, 2.45) is 5.92 Å². The monoisotopic (exact) mass is 389 g/mol. The average molecular weight is 389 g/mol. The number of rotatable bonds is 6. The Kier molecular flexibility index (Phi) is 5.07. The highest BCUT2D eigenvalue weighted by Gasteiger charge is 2.25. The molecule has 0 saturated carbocycles. The number of carbonyl (C=O) groups excluding carboxylic acids is 1. The van der Waals surface area contributed by atoms with Crippen LogP contribution in [0.2, 0.25) is 0 Å². The Morgan fingerprint density at radius 3 is 3.07 bits per heavy atom. The summed E-state index contributed by atoms with van der Waals surface area (Å²) in [4.78, 5) is 24.0. The number of aromatic nitrogens is 4. The molecule has 1 aliphatic carbocycles. The summed E-state index contributed by atoms with van der Waals surface area (Å²) in [5, 5.41) is 16.9. The van der Waals surface area contributed by atoms with Crippen molar-refractivity contribution in [3.8, 4) is 0 Å². The lowest BCUT2D eigenvalue weighted by Gasteiger charge is -2.17. The molecular weight excluding hydrogens is 366 g/mol. The second kappa shape index (κ2) is 7.49. The Hall–Kier alpha value is -2.10. The second-order valence-electron chi connectivity index (χ2n) is 6.95. The second-order valence-corrected chi connectivity index (χ2v) is 8.04. The van der Waals surface area contributed by atoms with Crippen LogP contribution in [0.1, 0.15) is 40.2 Å². The average Bonchev–Trinajstić information content (AvgIpc) is 3.23. The maximum Gasteiger partial charge on any atom is 0.291 e. The van der Waals surface area contributed by atoms with Crippen molar-refractivity contribution in [1.82, 2.24) is 24.9 Å². The number of fused-ring (bicyclic) bond motifs is 5. The Morgan fingerprint density at radius 1 is 1.41 bits per heavy atom. The summed E-state index contributed by atoms with van der Waals surface area (Å²) in [7, 11) is 0. The first-order chi connectivity index (χ1) is 13.1. The summed E-state index contributed by atoms with van der Waals surface area (Å²) in [5.74, 6) is 1.16. The van der Waals surface area contributed by atoms with Crippen LogP contribution < -0.4 is 5.32 Å². The summed E-state index contributed by atoms with van der Waals surface area (Å²) in [6.45, 7) is 5.05. The van der Waals surface area contributed by atoms with E-state index in [0.717, 1.165) is 28.9 Å². The number of aryl methyl sites for hydroxylation is 2. The van der Waals surface area contributed by atoms with E-state index in [2.05, 4.69) is 22.3 Å². The molecule has 144 valence electrons. The largest absolute Gasteiger partial charge is 0.394 e. The van der Waals surface area contributed by atoms with Gasteiger partial charge in [-0.1, -0.05) is 6.92 Å². The predicted octanol–water partition coefficient (Wildman–Crippen LogP) is 1.51. The van der Waals surface area contributed by atoms with Crippen molar-refractivity contribution in [1.29, 1.82) is 0 Å². The van der Waals surface area contributed by atoms with Crippen LogP contribution in [0.4, 0.5) is 0 Å². The van der Waals surface area contributed by atoms with Gasteiger partial charge in [-0.05, 0) is 37.7 Å². The van der Waals surface area contributed by atoms with Crippen molar-refractivity contribution >= 4 is 33.1 Å². The highest BCUT2D eigenvalue weighted by molar-refractivity contribution is 7.19. The van der Waals surface area contributed by atoms with Crippen LogP contribution in [0.5, 0.6) is 0 Å². The quantitative estimate of drug-likeness (QED) is 0.620. The molecule has 3 heterocycles. The van der Waals surface area contributed by atoms with E-state index in [1.54, 1.807) is 15.9 Å². The van der Waals surface area contributed by atoms with E-state index in [1.807, 2.05) is 6.92 Å². The van der Waals surface area contributed by atoms with Gasteiger partial charge in [0.05, 0.1) is 25.2 Å². The van der Waals surface area contributed by atoms with E-state index < -0.39 is 0 Å². The first kappa shape index (κ1) is 18.3. The molecule has 3 aromatic heterocycles. The van der Waals surface area contributed by atoms with Crippen LogP contribution in [-0.2, 0) is 17.6 Å². The van der Waals surface area contributed by atoms with Crippen molar-refractivity contribution < 1.29 is 14.6 Å². The molecule has 2 N–H and O–H groups in total. The summed E-state index contributed by atoms with van der Waals surface area (Å²) < 4.78 is 6.82. The van der Waals surface area contributed by atoms with Crippen molar-refractivity contribution in [2.45, 2.75) is 33.1 Å². The summed E-state index contributed by atoms with van der Waals surface area (Å²) >= 11 is 1.74. The third-order valence-electron chi connectivity index (χ3n) is 4.86. The first-order valence-electron chi connectivity index (χ1n) is 9.23. The Balaban J connectivity index is 1.67. The van der Waals surface area contributed by atoms with Gasteiger partial charge in [0.25, 0.3) is 5.91 Å². The van der Waals surface area contributed by atoms with Gasteiger partial charge in [-0.25, -0.2) is 9.97 Å². The maximum absolute atomic E-state index is 12.4. The lowest BCUT2D eigenvalue weighted by molar-refractivity contribution is 0.0832. The number of aliphatic hydroxyl groups is 1. The van der Waals surface area contributed by atoms with Gasteiger partial charge in [0.2, 0.25) is 5.82 Å². The molecule has 8 nitrogen and oxygen atoms in total. The zero-order chi connectivity index (χ0) is 19.0. The fraction of sp³-hybridized carbons (Fsp3) is 0.556. The normalized spacial score (nSPS) is 16.8. The number of hydrogen-bond donors (Lipinski definition) is 2. The first-order valence-corrected chi connectivity index (χ1v) is 10.0. The van der Waals surface area contributed by atoms with Crippen LogP contribution in [0, 0.1) is 12.8 Å². The number of amides is 1. The fourth-order valence-electron chi connectivity index (χ4n) is 3.53. The Bertz CT molecular complexity index is 996. The number of thiophene rings is 1. The maximum atomic E-state index is 12.4. The number of ether oxygens (including phenoxy) is 1. The van der Waals surface area contributed by atoms with E-state index in [-0.39, 0.29) is 24.9 Å². The van der Waals surface area contributed by atoms with Gasteiger partial charge in [0, 0.05) is 11.4 Å². The van der Waals surface area contributed by atoms with Gasteiger partial charge >= 0.3 is 0 Å². The number of aliphatic hydroxyl groups excluding tert-OH is 1. The summed E-state index contributed by atoms with van der Waals surface area (Å²) in [6, 6.07) is 0. The van der Waals surface area contributed by atoms with Crippen LogP contribution in [0.3, 0.4) is 0 Å². The number of carbonyl (C=O) groups is 1. The van der Waals surface area contributed by atoms with Crippen LogP contribution in [-0.4, -0.2) is 57.0 Å². The third kappa shape index (κ3) is 3.42. The van der Waals surface area contributed by atoms with Gasteiger partial charge in [0.15, 0.2) is 5.65 Å². The van der Waals surface area contributed by atoms with Crippen LogP contribution in [0.15, 0.2) is 0 Å². The molecule has 27 heavy (non-hydrogen) atoms. The topological polar surface area (TPSA) is 102 Å². The van der Waals surface area contributed by atoms with E-state index in [1.165, 1.54) is 16.9 Å². The molecule has 3 aromatic rings. The molecule has 4 rings (SSSR count). The molecule has 0 aliphatic heterocycles. The van der Waals surface area contributed by atoms with Crippen molar-refractivity contribution in [3.05, 3.63) is 22.1 Å². The number of nitrogens with one attached hydrogen (secondary N) is 1. The van der Waals surface area contributed by atoms with Gasteiger partial charge in [-0.2, -0.15) is 4.52 Å². The minimum atomic E-state index is -0.337. The molecule has 0 bridgehead atoms. The molecule has 0 fully saturated rings. The minimum absolute atomic E-state index is 0.0339. The zero-order valence-electron chi connectivity index (χ0n) is 15.5. The summed E-state index contributed by atoms with van der Waals surface area (Å²) in [5.41, 5.74) is 2.04. The summed E-state index contributed by atoms with van der Waals surface area (Å²) in [6.07, 6.45) is 3.30. The molecule has 0 radical (unpaired) electrons. The number of nitrogens with zero attached hydrogens (tertiary/aromatic N) is 4. The van der Waals surface area contributed by atoms with Gasteiger partial charge in [-0.15, -0.1) is 16.4 Å². The Morgan fingerprint density at radius 2 is 2.26 bits per heavy atom. The number of hydrogen-bond acceptors (Lipinski definition) is 7. The minimum Gasteiger partial charge on any atom is -0.394 e. The lowest BCUT2D eigenvalue weighted by Crippen LogP contribution is -2.28. The SMILES string of the molecule is Cc1nc2sc3c(c2c2nc(C(=O)NCCOCCO)nn12)C[C@H](C)CC3. The molecule has 0 aromatic carbocycles. The predicted molar refractivity (Wildman–Crippen MR) is 102 cm³/mol. The molecular formula is C18H23N5O3S. The van der Waals surface area contributed by atoms with E-state index in [0.29, 0.717) is 24.7 Å². The standard InChI is InChI=1S/C18H23N5O3S/c1-10-3-4-13-12(9-10)14-16-21-15(17(25)19-5-7-26-8-6-24)22-23(16)11(2)20-18(14)27-13/h10,24H,3-9H2,1-2H3,(H,19,25)/t10-/m1/s1.